The van der Waals surface area contributed by atoms with Crippen molar-refractivity contribution in [2.45, 2.75) is 33.1 Å². The largest absolute Gasteiger partial charge is 0.372 e. The Morgan fingerprint density at radius 2 is 1.61 bits per heavy atom. The highest BCUT2D eigenvalue weighted by molar-refractivity contribution is 7.80. The SMILES string of the molecule is CCCNC(=S)NCc1ccccc1COCc1ccccc1. The van der Waals surface area contributed by atoms with Crippen LogP contribution in [-0.4, -0.2) is 11.7 Å². The Kier molecular flexibility index (Phi) is 7.57. The van der Waals surface area contributed by atoms with Gasteiger partial charge in [-0.25, -0.2) is 0 Å². The van der Waals surface area contributed by atoms with E-state index in [4.69, 9.17) is 17.0 Å². The van der Waals surface area contributed by atoms with E-state index >= 15 is 0 Å². The van der Waals surface area contributed by atoms with Gasteiger partial charge >= 0.3 is 0 Å². The first-order valence-electron chi connectivity index (χ1n) is 7.99. The fourth-order valence-corrected chi connectivity index (χ4v) is 2.37. The lowest BCUT2D eigenvalue weighted by molar-refractivity contribution is 0.106. The standard InChI is InChI=1S/C19H24N2OS/c1-2-12-20-19(23)21-13-17-10-6-7-11-18(17)15-22-14-16-8-4-3-5-9-16/h3-11H,2,12-15H2,1H3,(H2,20,21,23). The van der Waals surface area contributed by atoms with Crippen molar-refractivity contribution in [2.75, 3.05) is 6.54 Å². The van der Waals surface area contributed by atoms with Gasteiger partial charge in [0.05, 0.1) is 13.2 Å². The van der Waals surface area contributed by atoms with Gasteiger partial charge < -0.3 is 15.4 Å². The van der Waals surface area contributed by atoms with Crippen LogP contribution in [0.1, 0.15) is 30.0 Å². The molecular formula is C19H24N2OS. The summed E-state index contributed by atoms with van der Waals surface area (Å²) in [4.78, 5) is 0. The van der Waals surface area contributed by atoms with E-state index in [1.54, 1.807) is 0 Å². The predicted octanol–water partition coefficient (Wildman–Crippen LogP) is 3.78. The second-order valence-electron chi connectivity index (χ2n) is 5.36. The summed E-state index contributed by atoms with van der Waals surface area (Å²) in [5.41, 5.74) is 3.59. The number of ether oxygens (including phenoxy) is 1. The molecule has 0 atom stereocenters. The molecule has 0 unspecified atom stereocenters. The lowest BCUT2D eigenvalue weighted by Gasteiger charge is -2.13. The molecule has 2 rings (SSSR count). The van der Waals surface area contributed by atoms with Crippen molar-refractivity contribution in [3.8, 4) is 0 Å². The topological polar surface area (TPSA) is 33.3 Å². The molecule has 122 valence electrons. The number of rotatable bonds is 8. The van der Waals surface area contributed by atoms with Crippen LogP contribution in [-0.2, 0) is 24.5 Å². The Morgan fingerprint density at radius 1 is 0.913 bits per heavy atom. The Balaban J connectivity index is 1.83. The molecule has 0 aliphatic carbocycles. The van der Waals surface area contributed by atoms with Crippen LogP contribution in [0.2, 0.25) is 0 Å². The summed E-state index contributed by atoms with van der Waals surface area (Å²) in [6.45, 7) is 4.95. The third-order valence-electron chi connectivity index (χ3n) is 3.46. The van der Waals surface area contributed by atoms with E-state index < -0.39 is 0 Å². The summed E-state index contributed by atoms with van der Waals surface area (Å²) in [5.74, 6) is 0. The van der Waals surface area contributed by atoms with E-state index in [0.717, 1.165) is 13.0 Å². The average molecular weight is 328 g/mol. The van der Waals surface area contributed by atoms with Gasteiger partial charge in [-0.05, 0) is 35.3 Å². The van der Waals surface area contributed by atoms with Gasteiger partial charge in [0, 0.05) is 13.1 Å². The Bertz CT molecular complexity index is 601. The van der Waals surface area contributed by atoms with Gasteiger partial charge in [0.25, 0.3) is 0 Å². The highest BCUT2D eigenvalue weighted by Gasteiger charge is 2.03. The molecule has 0 fully saturated rings. The second-order valence-corrected chi connectivity index (χ2v) is 5.76. The molecule has 2 N–H and O–H groups in total. The molecule has 3 nitrogen and oxygen atoms in total. The van der Waals surface area contributed by atoms with Crippen LogP contribution in [0, 0.1) is 0 Å². The summed E-state index contributed by atoms with van der Waals surface area (Å²) >= 11 is 5.26. The van der Waals surface area contributed by atoms with Crippen LogP contribution in [0.4, 0.5) is 0 Å². The highest BCUT2D eigenvalue weighted by atomic mass is 32.1. The maximum absolute atomic E-state index is 5.84. The van der Waals surface area contributed by atoms with Gasteiger partial charge in [0.1, 0.15) is 0 Å². The highest BCUT2D eigenvalue weighted by Crippen LogP contribution is 2.11. The molecule has 0 spiro atoms. The molecular weight excluding hydrogens is 304 g/mol. The molecule has 0 aliphatic rings. The molecule has 0 saturated carbocycles. The van der Waals surface area contributed by atoms with Gasteiger partial charge in [-0.15, -0.1) is 0 Å². The fourth-order valence-electron chi connectivity index (χ4n) is 2.20. The molecule has 0 amide bonds. The maximum Gasteiger partial charge on any atom is 0.166 e. The molecule has 0 saturated heterocycles. The summed E-state index contributed by atoms with van der Waals surface area (Å²) in [6, 6.07) is 18.5. The van der Waals surface area contributed by atoms with E-state index in [1.165, 1.54) is 16.7 Å². The molecule has 0 aliphatic heterocycles. The maximum atomic E-state index is 5.84. The van der Waals surface area contributed by atoms with Crippen molar-refractivity contribution in [1.29, 1.82) is 0 Å². The summed E-state index contributed by atoms with van der Waals surface area (Å²) in [7, 11) is 0. The smallest absolute Gasteiger partial charge is 0.166 e. The van der Waals surface area contributed by atoms with E-state index in [-0.39, 0.29) is 0 Å². The lowest BCUT2D eigenvalue weighted by Crippen LogP contribution is -2.35. The molecule has 4 heteroatoms. The zero-order valence-electron chi connectivity index (χ0n) is 13.5. The van der Waals surface area contributed by atoms with E-state index in [9.17, 15) is 0 Å². The first-order chi connectivity index (χ1) is 11.3. The van der Waals surface area contributed by atoms with Gasteiger partial charge in [-0.3, -0.25) is 0 Å². The quantitative estimate of drug-likeness (QED) is 0.723. The Hall–Kier alpha value is -1.91. The van der Waals surface area contributed by atoms with Gasteiger partial charge in [0.2, 0.25) is 0 Å². The monoisotopic (exact) mass is 328 g/mol. The molecule has 0 radical (unpaired) electrons. The zero-order chi connectivity index (χ0) is 16.3. The van der Waals surface area contributed by atoms with Gasteiger partial charge in [0.15, 0.2) is 5.11 Å². The van der Waals surface area contributed by atoms with Crippen LogP contribution < -0.4 is 10.6 Å². The third kappa shape index (κ3) is 6.38. The molecule has 0 bridgehead atoms. The number of benzene rings is 2. The van der Waals surface area contributed by atoms with E-state index in [0.29, 0.717) is 24.9 Å². The van der Waals surface area contributed by atoms with Gasteiger partial charge in [-0.1, -0.05) is 61.5 Å². The minimum absolute atomic E-state index is 0.599. The van der Waals surface area contributed by atoms with Crippen molar-refractivity contribution in [3.05, 3.63) is 71.3 Å². The minimum atomic E-state index is 0.599. The number of thiocarbonyl (C=S) groups is 1. The fraction of sp³-hybridized carbons (Fsp3) is 0.316. The predicted molar refractivity (Wildman–Crippen MR) is 99.1 cm³/mol. The number of nitrogens with one attached hydrogen (secondary N) is 2. The lowest BCUT2D eigenvalue weighted by atomic mass is 10.1. The molecule has 2 aromatic rings. The van der Waals surface area contributed by atoms with Crippen molar-refractivity contribution < 1.29 is 4.74 Å². The number of hydrogen-bond acceptors (Lipinski definition) is 2. The zero-order valence-corrected chi connectivity index (χ0v) is 14.4. The van der Waals surface area contributed by atoms with Crippen LogP contribution in [0.5, 0.6) is 0 Å². The first kappa shape index (κ1) is 17.4. The van der Waals surface area contributed by atoms with Gasteiger partial charge in [-0.2, -0.15) is 0 Å². The summed E-state index contributed by atoms with van der Waals surface area (Å²) in [6.07, 6.45) is 1.06. The van der Waals surface area contributed by atoms with Crippen LogP contribution in [0.25, 0.3) is 0 Å². The summed E-state index contributed by atoms with van der Waals surface area (Å²) in [5, 5.41) is 7.12. The number of hydrogen-bond donors (Lipinski definition) is 2. The van der Waals surface area contributed by atoms with Crippen LogP contribution >= 0.6 is 12.2 Å². The van der Waals surface area contributed by atoms with E-state index in [1.807, 2.05) is 30.3 Å². The first-order valence-corrected chi connectivity index (χ1v) is 8.40. The minimum Gasteiger partial charge on any atom is -0.372 e. The van der Waals surface area contributed by atoms with Crippen LogP contribution in [0.3, 0.4) is 0 Å². The second kappa shape index (κ2) is 9.98. The van der Waals surface area contributed by atoms with E-state index in [2.05, 4.69) is 41.8 Å². The summed E-state index contributed by atoms with van der Waals surface area (Å²) < 4.78 is 5.84. The van der Waals surface area contributed by atoms with Crippen LogP contribution in [0.15, 0.2) is 54.6 Å². The molecule has 23 heavy (non-hydrogen) atoms. The Labute approximate surface area is 144 Å². The van der Waals surface area contributed by atoms with Crippen molar-refractivity contribution in [3.63, 3.8) is 0 Å². The van der Waals surface area contributed by atoms with Crippen molar-refractivity contribution in [1.82, 2.24) is 10.6 Å². The van der Waals surface area contributed by atoms with Crippen molar-refractivity contribution >= 4 is 17.3 Å². The third-order valence-corrected chi connectivity index (χ3v) is 3.75. The molecule has 2 aromatic carbocycles. The average Bonchev–Trinajstić information content (AvgIpc) is 2.60. The van der Waals surface area contributed by atoms with Crippen molar-refractivity contribution in [2.24, 2.45) is 0 Å². The normalized spacial score (nSPS) is 10.3. The Morgan fingerprint density at radius 3 is 2.35 bits per heavy atom. The molecule has 0 heterocycles. The molecule has 0 aromatic heterocycles.